The summed E-state index contributed by atoms with van der Waals surface area (Å²) in [5.74, 6) is 1.53. The first-order chi connectivity index (χ1) is 8.90. The van der Waals surface area contributed by atoms with Gasteiger partial charge in [0.25, 0.3) is 5.91 Å². The van der Waals surface area contributed by atoms with Crippen LogP contribution in [-0.4, -0.2) is 19.1 Å². The second-order valence-corrected chi connectivity index (χ2v) is 6.19. The summed E-state index contributed by atoms with van der Waals surface area (Å²) in [7, 11) is 0. The predicted octanol–water partition coefficient (Wildman–Crippen LogP) is 3.72. The minimum atomic E-state index is -0.0893. The molecule has 0 aliphatic carbocycles. The molecular weight excluding hydrogens is 306 g/mol. The van der Waals surface area contributed by atoms with Gasteiger partial charge >= 0.3 is 0 Å². The van der Waals surface area contributed by atoms with E-state index in [0.29, 0.717) is 24.1 Å². The average Bonchev–Trinajstić information content (AvgIpc) is 2.34. The number of ether oxygens (including phenoxy) is 1. The minimum Gasteiger partial charge on any atom is -0.483 e. The third-order valence-corrected chi connectivity index (χ3v) is 3.31. The SMILES string of the molecule is CC(C)CNC(=O)COc1ccc(C(C)C)cc1Br. The van der Waals surface area contributed by atoms with Gasteiger partial charge in [-0.1, -0.05) is 33.8 Å². The number of halogens is 1. The number of carbonyl (C=O) groups excluding carboxylic acids is 1. The molecule has 1 amide bonds. The Morgan fingerprint density at radius 2 is 2.00 bits per heavy atom. The van der Waals surface area contributed by atoms with Gasteiger partial charge in [-0.2, -0.15) is 0 Å². The third-order valence-electron chi connectivity index (χ3n) is 2.69. The molecule has 1 rings (SSSR count). The summed E-state index contributed by atoms with van der Waals surface area (Å²) in [5.41, 5.74) is 1.24. The topological polar surface area (TPSA) is 38.3 Å². The van der Waals surface area contributed by atoms with Crippen molar-refractivity contribution in [3.05, 3.63) is 28.2 Å². The Kier molecular flexibility index (Phi) is 6.35. The molecule has 0 atom stereocenters. The van der Waals surface area contributed by atoms with E-state index in [4.69, 9.17) is 4.74 Å². The van der Waals surface area contributed by atoms with Crippen molar-refractivity contribution in [3.8, 4) is 5.75 Å². The fourth-order valence-corrected chi connectivity index (χ4v) is 2.02. The van der Waals surface area contributed by atoms with Gasteiger partial charge in [0.05, 0.1) is 4.47 Å². The van der Waals surface area contributed by atoms with Crippen molar-refractivity contribution in [3.63, 3.8) is 0 Å². The van der Waals surface area contributed by atoms with E-state index < -0.39 is 0 Å². The van der Waals surface area contributed by atoms with Crippen LogP contribution in [0.5, 0.6) is 5.75 Å². The van der Waals surface area contributed by atoms with E-state index in [-0.39, 0.29) is 12.5 Å². The molecule has 19 heavy (non-hydrogen) atoms. The Morgan fingerprint density at radius 3 is 2.53 bits per heavy atom. The zero-order valence-electron chi connectivity index (χ0n) is 12.0. The molecule has 3 nitrogen and oxygen atoms in total. The number of carbonyl (C=O) groups is 1. The van der Waals surface area contributed by atoms with Crippen LogP contribution in [0.4, 0.5) is 0 Å². The Hall–Kier alpha value is -1.03. The predicted molar refractivity (Wildman–Crippen MR) is 81.6 cm³/mol. The van der Waals surface area contributed by atoms with Crippen LogP contribution in [0.3, 0.4) is 0 Å². The van der Waals surface area contributed by atoms with Crippen LogP contribution < -0.4 is 10.1 Å². The minimum absolute atomic E-state index is 0.0480. The maximum absolute atomic E-state index is 11.6. The summed E-state index contributed by atoms with van der Waals surface area (Å²) < 4.78 is 6.39. The van der Waals surface area contributed by atoms with Gasteiger partial charge in [-0.15, -0.1) is 0 Å². The molecule has 0 fully saturated rings. The molecule has 4 heteroatoms. The van der Waals surface area contributed by atoms with Gasteiger partial charge in [0.15, 0.2) is 6.61 Å². The second-order valence-electron chi connectivity index (χ2n) is 5.33. The molecule has 1 aromatic rings. The van der Waals surface area contributed by atoms with Gasteiger partial charge in [0.2, 0.25) is 0 Å². The van der Waals surface area contributed by atoms with Crippen molar-refractivity contribution >= 4 is 21.8 Å². The van der Waals surface area contributed by atoms with E-state index in [0.717, 1.165) is 4.47 Å². The van der Waals surface area contributed by atoms with E-state index in [2.05, 4.69) is 48.9 Å². The van der Waals surface area contributed by atoms with Gasteiger partial charge in [0.1, 0.15) is 5.75 Å². The standard InChI is InChI=1S/C15H22BrNO2/c1-10(2)8-17-15(18)9-19-14-6-5-12(11(3)4)7-13(14)16/h5-7,10-11H,8-9H2,1-4H3,(H,17,18). The van der Waals surface area contributed by atoms with Crippen molar-refractivity contribution < 1.29 is 9.53 Å². The number of nitrogens with one attached hydrogen (secondary N) is 1. The average molecular weight is 328 g/mol. The molecule has 0 saturated heterocycles. The third kappa shape index (κ3) is 5.64. The zero-order valence-corrected chi connectivity index (χ0v) is 13.6. The highest BCUT2D eigenvalue weighted by atomic mass is 79.9. The van der Waals surface area contributed by atoms with Crippen LogP contribution >= 0.6 is 15.9 Å². The molecule has 0 unspecified atom stereocenters. The molecular formula is C15H22BrNO2. The molecule has 0 aliphatic rings. The Balaban J connectivity index is 2.51. The molecule has 0 spiro atoms. The summed E-state index contributed by atoms with van der Waals surface area (Å²) in [4.78, 5) is 11.6. The van der Waals surface area contributed by atoms with Gasteiger partial charge < -0.3 is 10.1 Å². The fourth-order valence-electron chi connectivity index (χ4n) is 1.51. The second kappa shape index (κ2) is 7.53. The number of benzene rings is 1. The maximum atomic E-state index is 11.6. The molecule has 0 aromatic heterocycles. The summed E-state index contributed by atoms with van der Waals surface area (Å²) in [6, 6.07) is 5.96. The van der Waals surface area contributed by atoms with Gasteiger partial charge in [0, 0.05) is 6.54 Å². The van der Waals surface area contributed by atoms with Crippen molar-refractivity contribution in [1.29, 1.82) is 0 Å². The van der Waals surface area contributed by atoms with Crippen molar-refractivity contribution in [2.75, 3.05) is 13.2 Å². The first-order valence-electron chi connectivity index (χ1n) is 6.59. The fraction of sp³-hybridized carbons (Fsp3) is 0.533. The summed E-state index contributed by atoms with van der Waals surface area (Å²) >= 11 is 3.47. The van der Waals surface area contributed by atoms with Gasteiger partial charge in [-0.25, -0.2) is 0 Å². The van der Waals surface area contributed by atoms with Crippen LogP contribution in [0.25, 0.3) is 0 Å². The summed E-state index contributed by atoms with van der Waals surface area (Å²) in [6.45, 7) is 9.12. The first-order valence-corrected chi connectivity index (χ1v) is 7.38. The lowest BCUT2D eigenvalue weighted by molar-refractivity contribution is -0.123. The van der Waals surface area contributed by atoms with Crippen LogP contribution in [0.15, 0.2) is 22.7 Å². The van der Waals surface area contributed by atoms with E-state index in [1.165, 1.54) is 5.56 Å². The van der Waals surface area contributed by atoms with E-state index in [1.54, 1.807) is 0 Å². The Labute approximate surface area is 123 Å². The Bertz CT molecular complexity index is 430. The molecule has 0 heterocycles. The van der Waals surface area contributed by atoms with Crippen molar-refractivity contribution in [2.24, 2.45) is 5.92 Å². The monoisotopic (exact) mass is 327 g/mol. The van der Waals surface area contributed by atoms with Gasteiger partial charge in [-0.3, -0.25) is 4.79 Å². The van der Waals surface area contributed by atoms with Crippen molar-refractivity contribution in [1.82, 2.24) is 5.32 Å². The summed E-state index contributed by atoms with van der Waals surface area (Å²) in [5, 5.41) is 2.82. The number of amides is 1. The smallest absolute Gasteiger partial charge is 0.257 e. The lowest BCUT2D eigenvalue weighted by Gasteiger charge is -2.12. The Morgan fingerprint density at radius 1 is 1.32 bits per heavy atom. The van der Waals surface area contributed by atoms with Crippen LogP contribution in [0, 0.1) is 5.92 Å². The van der Waals surface area contributed by atoms with E-state index in [9.17, 15) is 4.79 Å². The molecule has 1 aromatic carbocycles. The largest absolute Gasteiger partial charge is 0.483 e. The molecule has 0 bridgehead atoms. The maximum Gasteiger partial charge on any atom is 0.257 e. The molecule has 0 saturated carbocycles. The molecule has 0 radical (unpaired) electrons. The lowest BCUT2D eigenvalue weighted by atomic mass is 10.0. The van der Waals surface area contributed by atoms with Gasteiger partial charge in [-0.05, 0) is 45.5 Å². The van der Waals surface area contributed by atoms with Crippen molar-refractivity contribution in [2.45, 2.75) is 33.6 Å². The molecule has 0 aliphatic heterocycles. The lowest BCUT2D eigenvalue weighted by Crippen LogP contribution is -2.31. The number of hydrogen-bond acceptors (Lipinski definition) is 2. The zero-order chi connectivity index (χ0) is 14.4. The van der Waals surface area contributed by atoms with E-state index in [1.807, 2.05) is 18.2 Å². The highest BCUT2D eigenvalue weighted by molar-refractivity contribution is 9.10. The highest BCUT2D eigenvalue weighted by Crippen LogP contribution is 2.28. The van der Waals surface area contributed by atoms with E-state index >= 15 is 0 Å². The van der Waals surface area contributed by atoms with Crippen LogP contribution in [0.1, 0.15) is 39.2 Å². The van der Waals surface area contributed by atoms with Crippen LogP contribution in [-0.2, 0) is 4.79 Å². The highest BCUT2D eigenvalue weighted by Gasteiger charge is 2.08. The first kappa shape index (κ1) is 16.0. The number of rotatable bonds is 6. The van der Waals surface area contributed by atoms with Crippen LogP contribution in [0.2, 0.25) is 0 Å². The summed E-state index contributed by atoms with van der Waals surface area (Å²) in [6.07, 6.45) is 0. The normalized spacial score (nSPS) is 10.9. The molecule has 1 N–H and O–H groups in total. The molecule has 106 valence electrons. The quantitative estimate of drug-likeness (QED) is 0.864. The number of hydrogen-bond donors (Lipinski definition) is 1.